The lowest BCUT2D eigenvalue weighted by atomic mass is 9.88. The van der Waals surface area contributed by atoms with E-state index >= 15 is 0 Å². The molecule has 3 aliphatic rings. The summed E-state index contributed by atoms with van der Waals surface area (Å²) in [5.74, 6) is 0.881. The molecule has 0 bridgehead atoms. The first kappa shape index (κ1) is 25.0. The van der Waals surface area contributed by atoms with Crippen LogP contribution < -0.4 is 15.5 Å². The zero-order valence-electron chi connectivity index (χ0n) is 21.9. The number of nitrogens with zero attached hydrogens (tertiary/aromatic N) is 2. The second-order valence-electron chi connectivity index (χ2n) is 11.6. The molecule has 36 heavy (non-hydrogen) atoms. The first-order valence-electron chi connectivity index (χ1n) is 13.5. The van der Waals surface area contributed by atoms with Gasteiger partial charge in [0.2, 0.25) is 11.8 Å². The summed E-state index contributed by atoms with van der Waals surface area (Å²) in [6, 6.07) is 18.7. The van der Waals surface area contributed by atoms with Crippen molar-refractivity contribution < 1.29 is 9.59 Å². The molecule has 2 amide bonds. The average molecular weight is 489 g/mol. The summed E-state index contributed by atoms with van der Waals surface area (Å²) in [6.45, 7) is 8.99. The maximum atomic E-state index is 13.5. The normalized spacial score (nSPS) is 25.4. The van der Waals surface area contributed by atoms with Crippen molar-refractivity contribution in [3.63, 3.8) is 0 Å². The fourth-order valence-electron chi connectivity index (χ4n) is 6.02. The van der Waals surface area contributed by atoms with E-state index in [9.17, 15) is 9.59 Å². The van der Waals surface area contributed by atoms with Crippen LogP contribution in [0.4, 0.5) is 5.69 Å². The van der Waals surface area contributed by atoms with Crippen LogP contribution in [-0.4, -0.2) is 54.5 Å². The molecule has 2 aromatic carbocycles. The summed E-state index contributed by atoms with van der Waals surface area (Å²) in [4.78, 5) is 31.0. The van der Waals surface area contributed by atoms with Crippen molar-refractivity contribution in [2.24, 2.45) is 11.8 Å². The van der Waals surface area contributed by atoms with Crippen molar-refractivity contribution >= 4 is 17.5 Å². The molecule has 2 heterocycles. The molecular formula is C30H40N4O2. The van der Waals surface area contributed by atoms with E-state index < -0.39 is 0 Å². The van der Waals surface area contributed by atoms with Crippen LogP contribution in [-0.2, 0) is 9.59 Å². The van der Waals surface area contributed by atoms with Gasteiger partial charge in [-0.05, 0) is 56.7 Å². The first-order chi connectivity index (χ1) is 17.3. The van der Waals surface area contributed by atoms with Gasteiger partial charge in [0, 0.05) is 36.9 Å². The van der Waals surface area contributed by atoms with Crippen LogP contribution in [0.3, 0.4) is 0 Å². The smallest absolute Gasteiger partial charge is 0.241 e. The fourth-order valence-corrected chi connectivity index (χ4v) is 6.02. The van der Waals surface area contributed by atoms with Crippen molar-refractivity contribution in [2.75, 3.05) is 31.1 Å². The highest BCUT2D eigenvalue weighted by Gasteiger charge is 2.44. The zero-order valence-corrected chi connectivity index (χ0v) is 21.9. The van der Waals surface area contributed by atoms with Crippen molar-refractivity contribution in [3.05, 3.63) is 65.7 Å². The minimum atomic E-state index is -0.195. The SMILES string of the molecule is Cc1ccccc1N1CC(C)(C)N([C@H]2CNC[C@@H](C(=O)NC(CC3CC3)c3ccccc3)C2)CC1=O. The molecule has 1 aliphatic carbocycles. The van der Waals surface area contributed by atoms with Gasteiger partial charge in [0.15, 0.2) is 0 Å². The number of piperidine rings is 1. The molecule has 2 aliphatic heterocycles. The van der Waals surface area contributed by atoms with Gasteiger partial charge in [-0.25, -0.2) is 0 Å². The number of anilines is 1. The van der Waals surface area contributed by atoms with Crippen LogP contribution in [0.1, 0.15) is 56.7 Å². The Morgan fingerprint density at radius 3 is 2.53 bits per heavy atom. The Kier molecular flexibility index (Phi) is 7.18. The Hall–Kier alpha value is -2.70. The van der Waals surface area contributed by atoms with Crippen LogP contribution in [0, 0.1) is 18.8 Å². The highest BCUT2D eigenvalue weighted by molar-refractivity contribution is 5.96. The van der Waals surface area contributed by atoms with Crippen LogP contribution >= 0.6 is 0 Å². The van der Waals surface area contributed by atoms with Crippen molar-refractivity contribution in [3.8, 4) is 0 Å². The van der Waals surface area contributed by atoms with Gasteiger partial charge in [-0.15, -0.1) is 0 Å². The standard InChI is InChI=1S/C30H40N4O2/c1-21-9-7-8-12-27(21)33-20-30(2,3)34(19-28(33)35)25-16-24(17-31-18-25)29(36)32-26(15-22-13-14-22)23-10-5-4-6-11-23/h4-12,22,24-26,31H,13-20H2,1-3H3,(H,32,36)/t24-,25+,26?/m0/s1. The van der Waals surface area contributed by atoms with Crippen LogP contribution in [0.25, 0.3) is 0 Å². The molecule has 3 fully saturated rings. The monoisotopic (exact) mass is 488 g/mol. The molecule has 1 unspecified atom stereocenters. The molecule has 192 valence electrons. The maximum absolute atomic E-state index is 13.5. The lowest BCUT2D eigenvalue weighted by Crippen LogP contribution is -2.67. The number of carbonyl (C=O) groups excluding carboxylic acids is 2. The second-order valence-corrected chi connectivity index (χ2v) is 11.6. The Balaban J connectivity index is 1.26. The molecule has 2 N–H and O–H groups in total. The fraction of sp³-hybridized carbons (Fsp3) is 0.533. The van der Waals surface area contributed by atoms with Crippen LogP contribution in [0.2, 0.25) is 0 Å². The molecule has 2 aromatic rings. The highest BCUT2D eigenvalue weighted by Crippen LogP contribution is 2.38. The van der Waals surface area contributed by atoms with Gasteiger partial charge >= 0.3 is 0 Å². The minimum Gasteiger partial charge on any atom is -0.349 e. The van der Waals surface area contributed by atoms with E-state index in [0.29, 0.717) is 19.6 Å². The second kappa shape index (κ2) is 10.3. The number of carbonyl (C=O) groups is 2. The molecule has 5 rings (SSSR count). The topological polar surface area (TPSA) is 64.7 Å². The number of amides is 2. The molecule has 2 saturated heterocycles. The number of hydrogen-bond acceptors (Lipinski definition) is 4. The highest BCUT2D eigenvalue weighted by atomic mass is 16.2. The Labute approximate surface area is 215 Å². The number of benzene rings is 2. The maximum Gasteiger partial charge on any atom is 0.241 e. The van der Waals surface area contributed by atoms with E-state index in [2.05, 4.69) is 66.6 Å². The predicted molar refractivity (Wildman–Crippen MR) is 144 cm³/mol. The van der Waals surface area contributed by atoms with E-state index in [-0.39, 0.29) is 35.4 Å². The zero-order chi connectivity index (χ0) is 25.3. The molecule has 0 spiro atoms. The largest absolute Gasteiger partial charge is 0.349 e. The van der Waals surface area contributed by atoms with Gasteiger partial charge in [-0.1, -0.05) is 61.4 Å². The average Bonchev–Trinajstić information content (AvgIpc) is 3.70. The summed E-state index contributed by atoms with van der Waals surface area (Å²) in [7, 11) is 0. The Morgan fingerprint density at radius 1 is 1.08 bits per heavy atom. The lowest BCUT2D eigenvalue weighted by Gasteiger charge is -2.51. The third kappa shape index (κ3) is 5.50. The first-order valence-corrected chi connectivity index (χ1v) is 13.5. The molecule has 1 saturated carbocycles. The van der Waals surface area contributed by atoms with Gasteiger partial charge < -0.3 is 15.5 Å². The van der Waals surface area contributed by atoms with Crippen molar-refractivity contribution in [2.45, 2.75) is 64.1 Å². The number of piperazine rings is 1. The molecule has 0 radical (unpaired) electrons. The van der Waals surface area contributed by atoms with Crippen LogP contribution in [0.5, 0.6) is 0 Å². The van der Waals surface area contributed by atoms with E-state index in [1.54, 1.807) is 0 Å². The third-order valence-electron chi connectivity index (χ3n) is 8.26. The van der Waals surface area contributed by atoms with Crippen molar-refractivity contribution in [1.29, 1.82) is 0 Å². The van der Waals surface area contributed by atoms with E-state index in [1.807, 2.05) is 29.2 Å². The van der Waals surface area contributed by atoms with Gasteiger partial charge in [0.1, 0.15) is 0 Å². The molecular weight excluding hydrogens is 448 g/mol. The quantitative estimate of drug-likeness (QED) is 0.617. The van der Waals surface area contributed by atoms with Gasteiger partial charge in [0.25, 0.3) is 0 Å². The molecule has 3 atom stereocenters. The van der Waals surface area contributed by atoms with Crippen molar-refractivity contribution in [1.82, 2.24) is 15.5 Å². The number of para-hydroxylation sites is 1. The third-order valence-corrected chi connectivity index (χ3v) is 8.26. The van der Waals surface area contributed by atoms with E-state index in [0.717, 1.165) is 36.6 Å². The van der Waals surface area contributed by atoms with Gasteiger partial charge in [0.05, 0.1) is 18.5 Å². The van der Waals surface area contributed by atoms with E-state index in [1.165, 1.54) is 18.4 Å². The molecule has 6 nitrogen and oxygen atoms in total. The summed E-state index contributed by atoms with van der Waals surface area (Å²) in [5, 5.41) is 6.90. The van der Waals surface area contributed by atoms with Gasteiger partial charge in [-0.3, -0.25) is 14.5 Å². The minimum absolute atomic E-state index is 0.0715. The predicted octanol–water partition coefficient (Wildman–Crippen LogP) is 4.06. The Morgan fingerprint density at radius 2 is 1.81 bits per heavy atom. The van der Waals surface area contributed by atoms with Gasteiger partial charge in [-0.2, -0.15) is 0 Å². The molecule has 0 aromatic heterocycles. The molecule has 6 heteroatoms. The Bertz CT molecular complexity index is 1080. The number of hydrogen-bond donors (Lipinski definition) is 2. The summed E-state index contributed by atoms with van der Waals surface area (Å²) in [5.41, 5.74) is 3.11. The van der Waals surface area contributed by atoms with E-state index in [4.69, 9.17) is 0 Å². The number of nitrogens with one attached hydrogen (secondary N) is 2. The summed E-state index contributed by atoms with van der Waals surface area (Å²) in [6.07, 6.45) is 4.32. The summed E-state index contributed by atoms with van der Waals surface area (Å²) < 4.78 is 0. The summed E-state index contributed by atoms with van der Waals surface area (Å²) >= 11 is 0. The lowest BCUT2D eigenvalue weighted by molar-refractivity contribution is -0.129. The van der Waals surface area contributed by atoms with Crippen LogP contribution in [0.15, 0.2) is 54.6 Å². The number of aryl methyl sites for hydroxylation is 1. The number of rotatable bonds is 7.